The molecule has 1 aromatic rings. The number of carbonyl (C=O) groups is 4. The fourth-order valence-electron chi connectivity index (χ4n) is 4.12. The first-order valence-corrected chi connectivity index (χ1v) is 9.42. The van der Waals surface area contributed by atoms with E-state index in [0.29, 0.717) is 24.5 Å². The molecule has 2 bridgehead atoms. The van der Waals surface area contributed by atoms with E-state index in [9.17, 15) is 19.2 Å². The Morgan fingerprint density at radius 1 is 1.07 bits per heavy atom. The number of carbonyl (C=O) groups excluding carboxylic acids is 4. The molecule has 0 N–H and O–H groups in total. The van der Waals surface area contributed by atoms with Gasteiger partial charge in [-0.3, -0.25) is 19.2 Å². The molecule has 0 saturated carbocycles. The molecule has 1 fully saturated rings. The molecular weight excluding hydrogens is 382 g/mol. The van der Waals surface area contributed by atoms with Crippen LogP contribution in [0, 0.1) is 0 Å². The van der Waals surface area contributed by atoms with Gasteiger partial charge in [-0.25, -0.2) is 0 Å². The van der Waals surface area contributed by atoms with E-state index in [1.165, 1.54) is 18.7 Å². The summed E-state index contributed by atoms with van der Waals surface area (Å²) in [4.78, 5) is 51.1. The quantitative estimate of drug-likeness (QED) is 0.675. The minimum atomic E-state index is -1.37. The lowest BCUT2D eigenvalue weighted by atomic mass is 9.86. The molecule has 1 aromatic carbocycles. The van der Waals surface area contributed by atoms with Crippen LogP contribution in [0.25, 0.3) is 0 Å². The van der Waals surface area contributed by atoms with E-state index < -0.39 is 36.0 Å². The Morgan fingerprint density at radius 2 is 1.76 bits per heavy atom. The highest BCUT2D eigenvalue weighted by molar-refractivity contribution is 5.91. The molecule has 3 heterocycles. The number of rotatable bonds is 2. The van der Waals surface area contributed by atoms with Crippen molar-refractivity contribution in [2.24, 2.45) is 0 Å². The number of esters is 2. The van der Waals surface area contributed by atoms with Crippen molar-refractivity contribution in [2.45, 2.75) is 51.4 Å². The minimum Gasteiger partial charge on any atom is -0.458 e. The number of ketones is 1. The molecule has 4 rings (SSSR count). The van der Waals surface area contributed by atoms with Crippen molar-refractivity contribution < 1.29 is 38.1 Å². The first kappa shape index (κ1) is 19.2. The van der Waals surface area contributed by atoms with Crippen LogP contribution in [0.2, 0.25) is 0 Å². The predicted molar refractivity (Wildman–Crippen MR) is 96.1 cm³/mol. The molecule has 0 aromatic heterocycles. The van der Waals surface area contributed by atoms with Crippen LogP contribution in [0.1, 0.15) is 43.7 Å². The first-order valence-electron chi connectivity index (χ1n) is 9.42. The average Bonchev–Trinajstić information content (AvgIpc) is 3.02. The van der Waals surface area contributed by atoms with Gasteiger partial charge in [-0.15, -0.1) is 0 Å². The molecule has 9 heteroatoms. The van der Waals surface area contributed by atoms with E-state index in [1.807, 2.05) is 0 Å². The van der Waals surface area contributed by atoms with Crippen LogP contribution in [0.3, 0.4) is 0 Å². The topological polar surface area (TPSA) is 108 Å². The maximum absolute atomic E-state index is 13.2. The molecule has 3 aliphatic rings. The van der Waals surface area contributed by atoms with Crippen molar-refractivity contribution in [3.8, 4) is 11.5 Å². The molecule has 29 heavy (non-hydrogen) atoms. The van der Waals surface area contributed by atoms with Crippen molar-refractivity contribution in [3.63, 3.8) is 0 Å². The minimum absolute atomic E-state index is 0.0997. The van der Waals surface area contributed by atoms with E-state index in [-0.39, 0.29) is 25.5 Å². The summed E-state index contributed by atoms with van der Waals surface area (Å²) < 4.78 is 21.3. The summed E-state index contributed by atoms with van der Waals surface area (Å²) in [6, 6.07) is 3.58. The predicted octanol–water partition coefficient (Wildman–Crippen LogP) is 1.07. The number of hydrogen-bond acceptors (Lipinski definition) is 8. The number of amides is 1. The van der Waals surface area contributed by atoms with Gasteiger partial charge in [-0.05, 0) is 29.7 Å². The van der Waals surface area contributed by atoms with Gasteiger partial charge in [0.15, 0.2) is 17.6 Å². The fourth-order valence-corrected chi connectivity index (χ4v) is 4.12. The zero-order valence-electron chi connectivity index (χ0n) is 16.1. The van der Waals surface area contributed by atoms with E-state index in [1.54, 1.807) is 12.1 Å². The third-order valence-electron chi connectivity index (χ3n) is 5.35. The summed E-state index contributed by atoms with van der Waals surface area (Å²) in [6.07, 6.45) is -2.35. The van der Waals surface area contributed by atoms with Gasteiger partial charge in [0.1, 0.15) is 5.78 Å². The van der Waals surface area contributed by atoms with Gasteiger partial charge < -0.3 is 23.8 Å². The van der Waals surface area contributed by atoms with E-state index in [0.717, 1.165) is 11.1 Å². The number of hydrogen-bond donors (Lipinski definition) is 0. The molecule has 0 aliphatic carbocycles. The second-order valence-electron chi connectivity index (χ2n) is 7.35. The monoisotopic (exact) mass is 403 g/mol. The van der Waals surface area contributed by atoms with Crippen LogP contribution < -0.4 is 9.47 Å². The number of ether oxygens (including phenoxy) is 4. The highest BCUT2D eigenvalue weighted by atomic mass is 16.7. The van der Waals surface area contributed by atoms with Gasteiger partial charge in [0.05, 0.1) is 0 Å². The van der Waals surface area contributed by atoms with Crippen LogP contribution in [-0.2, 0) is 35.2 Å². The van der Waals surface area contributed by atoms with Gasteiger partial charge in [-0.2, -0.15) is 0 Å². The molecule has 9 nitrogen and oxygen atoms in total. The third-order valence-corrected chi connectivity index (χ3v) is 5.35. The van der Waals surface area contributed by atoms with Crippen LogP contribution in [0.4, 0.5) is 0 Å². The van der Waals surface area contributed by atoms with Crippen molar-refractivity contribution in [1.82, 2.24) is 4.90 Å². The van der Waals surface area contributed by atoms with Crippen LogP contribution in [0.5, 0.6) is 11.5 Å². The molecule has 1 amide bonds. The fraction of sp³-hybridized carbons (Fsp3) is 0.500. The van der Waals surface area contributed by atoms with E-state index in [4.69, 9.17) is 18.9 Å². The van der Waals surface area contributed by atoms with Gasteiger partial charge in [-0.1, -0.05) is 0 Å². The summed E-state index contributed by atoms with van der Waals surface area (Å²) in [5.41, 5.74) is 1.56. The second-order valence-corrected chi connectivity index (χ2v) is 7.35. The average molecular weight is 403 g/mol. The standard InChI is InChI=1S/C20H21NO8/c1-10(22)28-18-7-15(24)13-3-4-21(20(25)19(18)29-11(2)23)8-12-5-16-17(6-14(12)13)27-9-26-16/h5-6,13,18-19H,3-4,7-9H2,1-2H3/t13-,18+,19-/m1/s1. The van der Waals surface area contributed by atoms with E-state index >= 15 is 0 Å². The Kier molecular flexibility index (Phi) is 4.89. The Labute approximate surface area is 166 Å². The smallest absolute Gasteiger partial charge is 0.303 e. The van der Waals surface area contributed by atoms with E-state index in [2.05, 4.69) is 0 Å². The summed E-state index contributed by atoms with van der Waals surface area (Å²) in [5.74, 6) is -1.40. The largest absolute Gasteiger partial charge is 0.458 e. The summed E-state index contributed by atoms with van der Waals surface area (Å²) >= 11 is 0. The lowest BCUT2D eigenvalue weighted by Gasteiger charge is -2.30. The number of Topliss-reactive ketones (excluding diaryl/α,β-unsaturated/α-hetero) is 1. The number of nitrogens with zero attached hydrogens (tertiary/aromatic N) is 1. The van der Waals surface area contributed by atoms with Gasteiger partial charge in [0, 0.05) is 39.3 Å². The SMILES string of the molecule is CC(=O)O[C@H]1CC(=O)[C@@H]2CCN(Cc3cc4c(cc32)OCO4)C(=O)[C@@H]1OC(C)=O. The second kappa shape index (κ2) is 7.38. The van der Waals surface area contributed by atoms with Gasteiger partial charge >= 0.3 is 11.9 Å². The maximum atomic E-state index is 13.2. The number of fused-ring (bicyclic) bond motifs is 6. The normalized spacial score (nSPS) is 25.4. The third kappa shape index (κ3) is 3.64. The Morgan fingerprint density at radius 3 is 2.45 bits per heavy atom. The molecule has 154 valence electrons. The molecule has 0 radical (unpaired) electrons. The first-order chi connectivity index (χ1) is 13.8. The molecule has 0 spiro atoms. The highest BCUT2D eigenvalue weighted by Crippen LogP contribution is 2.41. The van der Waals surface area contributed by atoms with Crippen molar-refractivity contribution in [2.75, 3.05) is 13.3 Å². The molecule has 1 saturated heterocycles. The lowest BCUT2D eigenvalue weighted by molar-refractivity contribution is -0.175. The zero-order valence-corrected chi connectivity index (χ0v) is 16.1. The Bertz CT molecular complexity index is 895. The molecular formula is C20H21NO8. The molecule has 0 unspecified atom stereocenters. The summed E-state index contributed by atoms with van der Waals surface area (Å²) in [6.45, 7) is 2.98. The summed E-state index contributed by atoms with van der Waals surface area (Å²) in [7, 11) is 0. The Balaban J connectivity index is 1.78. The Hall–Kier alpha value is -3.10. The van der Waals surface area contributed by atoms with Crippen LogP contribution >= 0.6 is 0 Å². The highest BCUT2D eigenvalue weighted by Gasteiger charge is 2.43. The maximum Gasteiger partial charge on any atom is 0.303 e. The van der Waals surface area contributed by atoms with Crippen LogP contribution in [0.15, 0.2) is 12.1 Å². The lowest BCUT2D eigenvalue weighted by Crippen LogP contribution is -2.48. The van der Waals surface area contributed by atoms with Crippen molar-refractivity contribution in [3.05, 3.63) is 23.3 Å². The van der Waals surface area contributed by atoms with Gasteiger partial charge in [0.2, 0.25) is 12.9 Å². The number of benzene rings is 1. The van der Waals surface area contributed by atoms with Crippen molar-refractivity contribution >= 4 is 23.6 Å². The summed E-state index contributed by atoms with van der Waals surface area (Å²) in [5, 5.41) is 0. The molecule has 3 aliphatic heterocycles. The van der Waals surface area contributed by atoms with Crippen molar-refractivity contribution in [1.29, 1.82) is 0 Å². The molecule has 3 atom stereocenters. The van der Waals surface area contributed by atoms with Crippen LogP contribution in [-0.4, -0.2) is 54.1 Å². The zero-order chi connectivity index (χ0) is 20.7. The van der Waals surface area contributed by atoms with Gasteiger partial charge in [0.25, 0.3) is 5.91 Å².